The summed E-state index contributed by atoms with van der Waals surface area (Å²) in [4.78, 5) is 4.89. The zero-order chi connectivity index (χ0) is 20.9. The first-order valence-corrected chi connectivity index (χ1v) is 11.9. The van der Waals surface area contributed by atoms with Crippen LogP contribution in [0.15, 0.2) is 58.8 Å². The van der Waals surface area contributed by atoms with E-state index in [0.717, 1.165) is 34.0 Å². The molecule has 0 saturated carbocycles. The molecule has 3 rings (SSSR count). The molecule has 0 aliphatic carbocycles. The van der Waals surface area contributed by atoms with E-state index < -0.39 is 10.0 Å². The lowest BCUT2D eigenvalue weighted by atomic mass is 10.2. The lowest BCUT2D eigenvalue weighted by molar-refractivity contribution is 0.304. The molecular formula is C22H26N2O3S2. The van der Waals surface area contributed by atoms with Crippen molar-refractivity contribution in [3.63, 3.8) is 0 Å². The molecule has 5 nitrogen and oxygen atoms in total. The summed E-state index contributed by atoms with van der Waals surface area (Å²) in [5.41, 5.74) is 2.91. The van der Waals surface area contributed by atoms with Gasteiger partial charge >= 0.3 is 0 Å². The number of aryl methyl sites for hydroxylation is 2. The molecule has 0 bridgehead atoms. The Morgan fingerprint density at radius 2 is 1.83 bits per heavy atom. The fourth-order valence-electron chi connectivity index (χ4n) is 2.91. The van der Waals surface area contributed by atoms with E-state index in [1.54, 1.807) is 12.1 Å². The van der Waals surface area contributed by atoms with Crippen LogP contribution >= 0.6 is 11.3 Å². The zero-order valence-corrected chi connectivity index (χ0v) is 18.6. The molecule has 7 heteroatoms. The van der Waals surface area contributed by atoms with Gasteiger partial charge in [-0.2, -0.15) is 4.31 Å². The van der Waals surface area contributed by atoms with Crippen molar-refractivity contribution in [3.8, 4) is 5.75 Å². The van der Waals surface area contributed by atoms with E-state index in [1.807, 2.05) is 62.5 Å². The fourth-order valence-corrected chi connectivity index (χ4v) is 5.11. The smallest absolute Gasteiger partial charge is 0.243 e. The Morgan fingerprint density at radius 3 is 2.52 bits per heavy atom. The minimum Gasteiger partial charge on any atom is -0.486 e. The molecular weight excluding hydrogens is 404 g/mol. The normalized spacial score (nSPS) is 11.7. The second-order valence-electron chi connectivity index (χ2n) is 6.99. The van der Waals surface area contributed by atoms with Crippen molar-refractivity contribution >= 4 is 21.4 Å². The molecule has 0 N–H and O–H groups in total. The monoisotopic (exact) mass is 430 g/mol. The van der Waals surface area contributed by atoms with Crippen LogP contribution in [0.4, 0.5) is 0 Å². The molecule has 0 amide bonds. The molecule has 0 atom stereocenters. The van der Waals surface area contributed by atoms with Crippen LogP contribution in [0.1, 0.15) is 35.2 Å². The number of aromatic nitrogens is 1. The van der Waals surface area contributed by atoms with E-state index in [0.29, 0.717) is 18.0 Å². The Kier molecular flexibility index (Phi) is 7.05. The van der Waals surface area contributed by atoms with Crippen molar-refractivity contribution < 1.29 is 13.2 Å². The van der Waals surface area contributed by atoms with Gasteiger partial charge in [0, 0.05) is 11.9 Å². The highest BCUT2D eigenvalue weighted by Crippen LogP contribution is 2.21. The molecule has 0 spiro atoms. The Hall–Kier alpha value is -2.22. The van der Waals surface area contributed by atoms with Gasteiger partial charge in [0.25, 0.3) is 0 Å². The van der Waals surface area contributed by atoms with Crippen molar-refractivity contribution in [1.29, 1.82) is 0 Å². The van der Waals surface area contributed by atoms with E-state index in [4.69, 9.17) is 4.74 Å². The largest absolute Gasteiger partial charge is 0.486 e. The number of hydrogen-bond donors (Lipinski definition) is 0. The summed E-state index contributed by atoms with van der Waals surface area (Å²) in [7, 11) is -3.56. The fraction of sp³-hybridized carbons (Fsp3) is 0.318. The third-order valence-electron chi connectivity index (χ3n) is 4.42. The summed E-state index contributed by atoms with van der Waals surface area (Å²) in [6.45, 7) is 7.00. The van der Waals surface area contributed by atoms with E-state index in [-0.39, 0.29) is 6.54 Å². The predicted molar refractivity (Wildman–Crippen MR) is 117 cm³/mol. The van der Waals surface area contributed by atoms with E-state index in [9.17, 15) is 8.42 Å². The van der Waals surface area contributed by atoms with Gasteiger partial charge in [-0.25, -0.2) is 13.4 Å². The van der Waals surface area contributed by atoms with Crippen LogP contribution in [-0.2, 0) is 23.2 Å². The quantitative estimate of drug-likeness (QED) is 0.482. The number of hydrogen-bond acceptors (Lipinski definition) is 5. The minimum absolute atomic E-state index is 0.255. The Balaban J connectivity index is 1.70. The van der Waals surface area contributed by atoms with E-state index in [1.165, 1.54) is 15.6 Å². The topological polar surface area (TPSA) is 59.5 Å². The first kappa shape index (κ1) is 21.5. The van der Waals surface area contributed by atoms with Gasteiger partial charge < -0.3 is 4.74 Å². The summed E-state index contributed by atoms with van der Waals surface area (Å²) in [6, 6.07) is 14.8. The molecule has 29 heavy (non-hydrogen) atoms. The molecule has 1 heterocycles. The van der Waals surface area contributed by atoms with Crippen molar-refractivity contribution in [3.05, 3.63) is 75.7 Å². The molecule has 0 radical (unpaired) electrons. The summed E-state index contributed by atoms with van der Waals surface area (Å²) in [5, 5.41) is 2.73. The first-order valence-electron chi connectivity index (χ1n) is 9.58. The molecule has 0 aliphatic heterocycles. The minimum atomic E-state index is -3.56. The van der Waals surface area contributed by atoms with Crippen LogP contribution in [0.25, 0.3) is 0 Å². The number of nitrogens with zero attached hydrogens (tertiary/aromatic N) is 2. The summed E-state index contributed by atoms with van der Waals surface area (Å²) >= 11 is 1.48. The maximum atomic E-state index is 13.1. The standard InChI is InChI=1S/C22H26N2O3S2/c1-4-12-24(29(25,26)21-10-8-17(2)9-11-21)14-19-16-28-22(23-19)15-27-20-7-5-6-18(3)13-20/h5-11,13,16H,4,12,14-15H2,1-3H3. The average Bonchev–Trinajstić information content (AvgIpc) is 3.14. The van der Waals surface area contributed by atoms with Crippen LogP contribution in [-0.4, -0.2) is 24.3 Å². The van der Waals surface area contributed by atoms with E-state index in [2.05, 4.69) is 4.98 Å². The summed E-state index contributed by atoms with van der Waals surface area (Å²) in [6.07, 6.45) is 0.735. The second-order valence-corrected chi connectivity index (χ2v) is 9.87. The highest BCUT2D eigenvalue weighted by Gasteiger charge is 2.24. The van der Waals surface area contributed by atoms with Crippen molar-refractivity contribution in [2.75, 3.05) is 6.54 Å². The van der Waals surface area contributed by atoms with Gasteiger partial charge in [-0.15, -0.1) is 11.3 Å². The highest BCUT2D eigenvalue weighted by atomic mass is 32.2. The molecule has 154 valence electrons. The lowest BCUT2D eigenvalue weighted by Gasteiger charge is -2.21. The van der Waals surface area contributed by atoms with Crippen LogP contribution in [0, 0.1) is 13.8 Å². The van der Waals surface area contributed by atoms with E-state index >= 15 is 0 Å². The van der Waals surface area contributed by atoms with Gasteiger partial charge in [0.05, 0.1) is 17.1 Å². The van der Waals surface area contributed by atoms with Gasteiger partial charge in [-0.3, -0.25) is 0 Å². The Bertz CT molecular complexity index is 1040. The number of ether oxygens (including phenoxy) is 1. The van der Waals surface area contributed by atoms with Crippen LogP contribution < -0.4 is 4.74 Å². The molecule has 3 aromatic rings. The molecule has 0 aliphatic rings. The zero-order valence-electron chi connectivity index (χ0n) is 17.0. The lowest BCUT2D eigenvalue weighted by Crippen LogP contribution is -2.31. The third-order valence-corrected chi connectivity index (χ3v) is 7.15. The van der Waals surface area contributed by atoms with Crippen LogP contribution in [0.5, 0.6) is 5.75 Å². The van der Waals surface area contributed by atoms with Gasteiger partial charge in [-0.1, -0.05) is 36.8 Å². The Labute approximate surface area is 177 Å². The molecule has 0 unspecified atom stereocenters. The van der Waals surface area contributed by atoms with Crippen LogP contribution in [0.3, 0.4) is 0 Å². The number of benzene rings is 2. The summed E-state index contributed by atoms with van der Waals surface area (Å²) < 4.78 is 33.4. The van der Waals surface area contributed by atoms with Crippen molar-refractivity contribution in [2.24, 2.45) is 0 Å². The molecule has 0 fully saturated rings. The Morgan fingerprint density at radius 1 is 1.07 bits per heavy atom. The highest BCUT2D eigenvalue weighted by molar-refractivity contribution is 7.89. The number of thiazole rings is 1. The van der Waals surface area contributed by atoms with Crippen molar-refractivity contribution in [1.82, 2.24) is 9.29 Å². The maximum absolute atomic E-state index is 13.1. The number of sulfonamides is 1. The van der Waals surface area contributed by atoms with Gasteiger partial charge in [-0.05, 0) is 50.1 Å². The molecule has 2 aromatic carbocycles. The number of rotatable bonds is 9. The SMILES string of the molecule is CCCN(Cc1csc(COc2cccc(C)c2)n1)S(=O)(=O)c1ccc(C)cc1. The second kappa shape index (κ2) is 9.52. The maximum Gasteiger partial charge on any atom is 0.243 e. The third kappa shape index (κ3) is 5.65. The molecule has 1 aromatic heterocycles. The molecule has 0 saturated heterocycles. The van der Waals surface area contributed by atoms with Gasteiger partial charge in [0.15, 0.2) is 0 Å². The predicted octanol–water partition coefficient (Wildman–Crippen LogP) is 4.94. The van der Waals surface area contributed by atoms with Gasteiger partial charge in [0.2, 0.25) is 10.0 Å². The van der Waals surface area contributed by atoms with Crippen molar-refractivity contribution in [2.45, 2.75) is 45.2 Å². The summed E-state index contributed by atoms with van der Waals surface area (Å²) in [5.74, 6) is 0.802. The average molecular weight is 431 g/mol. The van der Waals surface area contributed by atoms with Crippen LogP contribution in [0.2, 0.25) is 0 Å². The van der Waals surface area contributed by atoms with Gasteiger partial charge in [0.1, 0.15) is 17.4 Å². The first-order chi connectivity index (χ1) is 13.9.